The highest BCUT2D eigenvalue weighted by Crippen LogP contribution is 2.38. The van der Waals surface area contributed by atoms with Gasteiger partial charge in [0.15, 0.2) is 0 Å². The number of hydrogen-bond acceptors (Lipinski definition) is 6. The Morgan fingerprint density at radius 2 is 1.69 bits per heavy atom. The highest BCUT2D eigenvalue weighted by atomic mass is 79.9. The summed E-state index contributed by atoms with van der Waals surface area (Å²) < 4.78 is 8.40. The summed E-state index contributed by atoms with van der Waals surface area (Å²) in [4.78, 5) is 9.50. The number of fused-ring (bicyclic) bond motifs is 1. The predicted octanol–water partition coefficient (Wildman–Crippen LogP) is 6.94. The summed E-state index contributed by atoms with van der Waals surface area (Å²) in [5.41, 5.74) is 4.76. The molecule has 0 unspecified atom stereocenters. The molecule has 0 amide bonds. The van der Waals surface area contributed by atoms with Crippen LogP contribution >= 0.6 is 15.9 Å². The van der Waals surface area contributed by atoms with E-state index in [0.29, 0.717) is 18.0 Å². The zero-order chi connectivity index (χ0) is 24.5. The van der Waals surface area contributed by atoms with Crippen LogP contribution in [0.4, 0.5) is 11.8 Å². The molecular formula is C28H31BrN6O. The van der Waals surface area contributed by atoms with Crippen LogP contribution in [0.2, 0.25) is 0 Å². The van der Waals surface area contributed by atoms with Gasteiger partial charge in [0.25, 0.3) is 0 Å². The Kier molecular flexibility index (Phi) is 6.52. The number of pyridine rings is 1. The molecule has 0 saturated heterocycles. The molecule has 0 spiro atoms. The van der Waals surface area contributed by atoms with Crippen molar-refractivity contribution in [3.8, 4) is 28.3 Å². The quantitative estimate of drug-likeness (QED) is 0.261. The molecule has 3 aromatic heterocycles. The van der Waals surface area contributed by atoms with Gasteiger partial charge in [-0.2, -0.15) is 5.10 Å². The minimum absolute atomic E-state index is 0.448. The number of hydrogen-bond donors (Lipinski definition) is 2. The molecule has 2 fully saturated rings. The molecule has 0 atom stereocenters. The van der Waals surface area contributed by atoms with Crippen molar-refractivity contribution in [1.29, 1.82) is 0 Å². The highest BCUT2D eigenvalue weighted by molar-refractivity contribution is 9.10. The molecule has 36 heavy (non-hydrogen) atoms. The maximum atomic E-state index is 5.47. The molecule has 7 nitrogen and oxygen atoms in total. The highest BCUT2D eigenvalue weighted by Gasteiger charge is 2.23. The summed E-state index contributed by atoms with van der Waals surface area (Å²) in [5, 5.41) is 12.4. The van der Waals surface area contributed by atoms with Crippen LogP contribution in [0.1, 0.15) is 51.4 Å². The van der Waals surface area contributed by atoms with Gasteiger partial charge in [-0.1, -0.05) is 31.7 Å². The smallest absolute Gasteiger partial charge is 0.223 e. The molecule has 6 rings (SSSR count). The van der Waals surface area contributed by atoms with Crippen molar-refractivity contribution in [2.75, 3.05) is 17.7 Å². The third-order valence-corrected chi connectivity index (χ3v) is 8.01. The molecule has 0 bridgehead atoms. The molecular weight excluding hydrogens is 516 g/mol. The van der Waals surface area contributed by atoms with Crippen LogP contribution in [-0.2, 0) is 0 Å². The molecule has 3 heterocycles. The van der Waals surface area contributed by atoms with Crippen LogP contribution in [0, 0.1) is 0 Å². The zero-order valence-corrected chi connectivity index (χ0v) is 22.1. The van der Waals surface area contributed by atoms with Gasteiger partial charge in [0.05, 0.1) is 28.4 Å². The fourth-order valence-corrected chi connectivity index (χ4v) is 6.09. The van der Waals surface area contributed by atoms with E-state index < -0.39 is 0 Å². The number of halogens is 1. The van der Waals surface area contributed by atoms with Gasteiger partial charge >= 0.3 is 0 Å². The van der Waals surface area contributed by atoms with Crippen LogP contribution in [0.5, 0.6) is 5.75 Å². The van der Waals surface area contributed by atoms with Crippen molar-refractivity contribution in [1.82, 2.24) is 19.6 Å². The lowest BCUT2D eigenvalue weighted by atomic mass is 10.0. The van der Waals surface area contributed by atoms with E-state index in [2.05, 4.69) is 61.9 Å². The molecule has 2 saturated carbocycles. The second-order valence-corrected chi connectivity index (χ2v) is 10.7. The Morgan fingerprint density at radius 3 is 2.42 bits per heavy atom. The van der Waals surface area contributed by atoms with E-state index in [-0.39, 0.29) is 0 Å². The third kappa shape index (κ3) is 4.54. The summed E-state index contributed by atoms with van der Waals surface area (Å²) in [6.45, 7) is 0. The van der Waals surface area contributed by atoms with E-state index in [1.807, 2.05) is 22.8 Å². The standard InChI is InChI=1S/C28H31BrN6O/c1-36-24-14-13-18(17-21(24)29)27-26(22-15-16-30-28(33-22)32-20-9-4-5-10-20)23-11-6-12-25(35(23)34-27)31-19-7-2-3-8-19/h6,11-17,19-20,31H,2-5,7-10H2,1H3,(H,30,32,33). The number of nitrogens with one attached hydrogen (secondary N) is 2. The molecule has 2 aliphatic rings. The van der Waals surface area contributed by atoms with Gasteiger partial charge in [-0.25, -0.2) is 14.5 Å². The Hall–Kier alpha value is -3.13. The predicted molar refractivity (Wildman–Crippen MR) is 148 cm³/mol. The van der Waals surface area contributed by atoms with Crippen molar-refractivity contribution in [2.45, 2.75) is 63.5 Å². The number of aromatic nitrogens is 4. The van der Waals surface area contributed by atoms with E-state index >= 15 is 0 Å². The van der Waals surface area contributed by atoms with E-state index in [1.165, 1.54) is 51.4 Å². The summed E-state index contributed by atoms with van der Waals surface area (Å²) in [5.74, 6) is 2.48. The van der Waals surface area contributed by atoms with E-state index in [0.717, 1.165) is 44.1 Å². The summed E-state index contributed by atoms with van der Waals surface area (Å²) in [6.07, 6.45) is 11.7. The van der Waals surface area contributed by atoms with Gasteiger partial charge in [-0.3, -0.25) is 0 Å². The van der Waals surface area contributed by atoms with Crippen molar-refractivity contribution < 1.29 is 4.74 Å². The number of anilines is 2. The average molecular weight is 548 g/mol. The second-order valence-electron chi connectivity index (χ2n) is 9.80. The van der Waals surface area contributed by atoms with Gasteiger partial charge in [0.2, 0.25) is 5.95 Å². The lowest BCUT2D eigenvalue weighted by Gasteiger charge is -2.14. The van der Waals surface area contributed by atoms with Gasteiger partial charge in [0.1, 0.15) is 17.3 Å². The first kappa shape index (κ1) is 23.3. The topological polar surface area (TPSA) is 76.4 Å². The van der Waals surface area contributed by atoms with E-state index in [1.54, 1.807) is 7.11 Å². The van der Waals surface area contributed by atoms with Gasteiger partial charge in [-0.05, 0) is 78.0 Å². The van der Waals surface area contributed by atoms with E-state index in [4.69, 9.17) is 14.8 Å². The molecule has 8 heteroatoms. The lowest BCUT2D eigenvalue weighted by Crippen LogP contribution is -2.17. The fourth-order valence-electron chi connectivity index (χ4n) is 5.55. The first-order valence-electron chi connectivity index (χ1n) is 12.9. The van der Waals surface area contributed by atoms with Crippen LogP contribution in [0.15, 0.2) is 53.1 Å². The number of nitrogens with zero attached hydrogens (tertiary/aromatic N) is 4. The van der Waals surface area contributed by atoms with Crippen LogP contribution in [-0.4, -0.2) is 38.8 Å². The normalized spacial score (nSPS) is 16.6. The number of methoxy groups -OCH3 is 1. The summed E-state index contributed by atoms with van der Waals surface area (Å²) >= 11 is 3.65. The first-order valence-corrected chi connectivity index (χ1v) is 13.7. The Morgan fingerprint density at radius 1 is 0.944 bits per heavy atom. The molecule has 2 N–H and O–H groups in total. The second kappa shape index (κ2) is 10.1. The molecule has 1 aromatic carbocycles. The zero-order valence-electron chi connectivity index (χ0n) is 20.5. The van der Waals surface area contributed by atoms with Crippen LogP contribution < -0.4 is 15.4 Å². The Bertz CT molecular complexity index is 1370. The summed E-state index contributed by atoms with van der Waals surface area (Å²) in [7, 11) is 1.68. The van der Waals surface area contributed by atoms with Crippen molar-refractivity contribution in [2.24, 2.45) is 0 Å². The summed E-state index contributed by atoms with van der Waals surface area (Å²) in [6, 6.07) is 15.3. The van der Waals surface area contributed by atoms with Crippen LogP contribution in [0.3, 0.4) is 0 Å². The fraction of sp³-hybridized carbons (Fsp3) is 0.393. The largest absolute Gasteiger partial charge is 0.496 e. The van der Waals surface area contributed by atoms with Gasteiger partial charge < -0.3 is 15.4 Å². The van der Waals surface area contributed by atoms with Crippen molar-refractivity contribution in [3.05, 3.63) is 53.1 Å². The maximum Gasteiger partial charge on any atom is 0.223 e. The number of rotatable bonds is 7. The average Bonchev–Trinajstić information content (AvgIpc) is 3.66. The van der Waals surface area contributed by atoms with Crippen molar-refractivity contribution in [3.63, 3.8) is 0 Å². The molecule has 4 aromatic rings. The minimum Gasteiger partial charge on any atom is -0.496 e. The first-order chi connectivity index (χ1) is 17.7. The van der Waals surface area contributed by atoms with Crippen LogP contribution in [0.25, 0.3) is 28.0 Å². The Balaban J connectivity index is 1.49. The van der Waals surface area contributed by atoms with Gasteiger partial charge in [0, 0.05) is 23.8 Å². The van der Waals surface area contributed by atoms with Gasteiger partial charge in [-0.15, -0.1) is 0 Å². The lowest BCUT2D eigenvalue weighted by molar-refractivity contribution is 0.412. The minimum atomic E-state index is 0.448. The van der Waals surface area contributed by atoms with Crippen molar-refractivity contribution >= 4 is 33.2 Å². The van der Waals surface area contributed by atoms with E-state index in [9.17, 15) is 0 Å². The number of benzene rings is 1. The molecule has 0 radical (unpaired) electrons. The number of ether oxygens (including phenoxy) is 1. The molecule has 2 aliphatic carbocycles. The monoisotopic (exact) mass is 546 g/mol. The molecule has 186 valence electrons. The third-order valence-electron chi connectivity index (χ3n) is 7.39. The maximum absolute atomic E-state index is 5.47. The Labute approximate surface area is 219 Å². The SMILES string of the molecule is COc1ccc(-c2nn3c(NC4CCCC4)cccc3c2-c2ccnc(NC3CCCC3)n2)cc1Br. The molecule has 0 aliphatic heterocycles.